The van der Waals surface area contributed by atoms with Crippen molar-refractivity contribution in [2.45, 2.75) is 26.7 Å². The summed E-state index contributed by atoms with van der Waals surface area (Å²) in [5.41, 5.74) is 2.23. The van der Waals surface area contributed by atoms with Crippen molar-refractivity contribution >= 4 is 22.8 Å². The molecule has 26 heavy (non-hydrogen) atoms. The number of hydrogen-bond donors (Lipinski definition) is 1. The predicted octanol–water partition coefficient (Wildman–Crippen LogP) is 4.08. The van der Waals surface area contributed by atoms with Gasteiger partial charge >= 0.3 is 0 Å². The van der Waals surface area contributed by atoms with Gasteiger partial charge in [0.2, 0.25) is 0 Å². The van der Waals surface area contributed by atoms with Gasteiger partial charge in [-0.15, -0.1) is 0 Å². The van der Waals surface area contributed by atoms with Gasteiger partial charge in [0.1, 0.15) is 17.3 Å². The van der Waals surface area contributed by atoms with Gasteiger partial charge in [-0.25, -0.2) is 13.8 Å². The molecule has 0 radical (unpaired) electrons. The molecule has 0 atom stereocenters. The Hall–Kier alpha value is -2.41. The molecule has 0 bridgehead atoms. The Morgan fingerprint density at radius 2 is 2.15 bits per heavy atom. The molecule has 0 aromatic heterocycles. The van der Waals surface area contributed by atoms with E-state index in [9.17, 15) is 13.6 Å². The Morgan fingerprint density at radius 3 is 2.85 bits per heavy atom. The average Bonchev–Trinajstić information content (AvgIpc) is 2.94. The smallest absolute Gasteiger partial charge is 0.268 e. The number of benzene rings is 1. The van der Waals surface area contributed by atoms with Gasteiger partial charge in [-0.2, -0.15) is 0 Å². The van der Waals surface area contributed by atoms with Crippen molar-refractivity contribution in [1.82, 2.24) is 10.2 Å². The number of halogens is 2. The molecule has 2 aliphatic heterocycles. The maximum atomic E-state index is 14.0. The second-order valence-electron chi connectivity index (χ2n) is 5.90. The van der Waals surface area contributed by atoms with Gasteiger partial charge in [-0.05, 0) is 43.2 Å². The van der Waals surface area contributed by atoms with Crippen molar-refractivity contribution in [2.75, 3.05) is 7.05 Å². The number of amidine groups is 1. The van der Waals surface area contributed by atoms with E-state index in [0.717, 1.165) is 29.2 Å². The van der Waals surface area contributed by atoms with Crippen LogP contribution >= 0.6 is 11.8 Å². The lowest BCUT2D eigenvalue weighted by Crippen LogP contribution is -2.34. The fourth-order valence-electron chi connectivity index (χ4n) is 2.89. The van der Waals surface area contributed by atoms with Crippen LogP contribution in [0.4, 0.5) is 8.78 Å². The van der Waals surface area contributed by atoms with Crippen LogP contribution in [0.5, 0.6) is 0 Å². The second kappa shape index (κ2) is 7.45. The van der Waals surface area contributed by atoms with Crippen LogP contribution in [-0.4, -0.2) is 23.0 Å². The van der Waals surface area contributed by atoms with Crippen LogP contribution in [0.3, 0.4) is 0 Å². The van der Waals surface area contributed by atoms with Crippen molar-refractivity contribution in [3.8, 4) is 0 Å². The fraction of sp³-hybridized carbons (Fsp3) is 0.263. The number of rotatable bonds is 4. The number of fused-ring (bicyclic) bond motifs is 1. The monoisotopic (exact) mass is 375 g/mol. The van der Waals surface area contributed by atoms with Crippen molar-refractivity contribution in [3.05, 3.63) is 69.5 Å². The van der Waals surface area contributed by atoms with Crippen molar-refractivity contribution < 1.29 is 13.6 Å². The molecule has 3 rings (SSSR count). The number of thioether (sulfide) groups is 1. The Kier molecular flexibility index (Phi) is 5.27. The molecular formula is C19H19F2N3OS. The third-order valence-corrected chi connectivity index (χ3v) is 5.00. The molecule has 136 valence electrons. The van der Waals surface area contributed by atoms with E-state index in [0.29, 0.717) is 16.6 Å². The summed E-state index contributed by atoms with van der Waals surface area (Å²) in [6.45, 7) is 3.86. The summed E-state index contributed by atoms with van der Waals surface area (Å²) in [5.74, 6) is -1.13. The molecular weight excluding hydrogens is 356 g/mol. The van der Waals surface area contributed by atoms with Gasteiger partial charge in [0.05, 0.1) is 0 Å². The Balaban J connectivity index is 1.97. The number of nitrogens with one attached hydrogen (secondary N) is 1. The molecule has 1 amide bonds. The fourth-order valence-corrected chi connectivity index (χ4v) is 3.90. The molecule has 0 saturated heterocycles. The Bertz CT molecular complexity index is 887. The summed E-state index contributed by atoms with van der Waals surface area (Å²) in [4.78, 5) is 19.5. The molecule has 0 spiro atoms. The van der Waals surface area contributed by atoms with E-state index in [1.807, 2.05) is 30.9 Å². The van der Waals surface area contributed by atoms with Crippen molar-refractivity contribution in [2.24, 2.45) is 4.99 Å². The first-order valence-electron chi connectivity index (χ1n) is 8.28. The SMILES string of the molecule is CC/C=C1/C=C(Cc2cc(F)ccc2F)N=C2SC(C)=C(C(=O)NC)N21. The Morgan fingerprint density at radius 1 is 1.38 bits per heavy atom. The molecule has 1 aromatic rings. The molecule has 2 aliphatic rings. The van der Waals surface area contributed by atoms with Crippen LogP contribution < -0.4 is 5.32 Å². The van der Waals surface area contributed by atoms with Crippen LogP contribution in [0.15, 0.2) is 57.3 Å². The topological polar surface area (TPSA) is 44.7 Å². The lowest BCUT2D eigenvalue weighted by molar-refractivity contribution is -0.117. The first kappa shape index (κ1) is 18.4. The number of likely N-dealkylation sites (N-methyl/N-ethyl adjacent to an activating group) is 1. The van der Waals surface area contributed by atoms with E-state index in [2.05, 4.69) is 10.3 Å². The summed E-state index contributed by atoms with van der Waals surface area (Å²) in [6, 6.07) is 3.41. The summed E-state index contributed by atoms with van der Waals surface area (Å²) >= 11 is 1.40. The third kappa shape index (κ3) is 3.44. The van der Waals surface area contributed by atoms with Crippen LogP contribution in [0.1, 0.15) is 25.8 Å². The predicted molar refractivity (Wildman–Crippen MR) is 100 cm³/mol. The maximum Gasteiger partial charge on any atom is 0.268 e. The second-order valence-corrected chi connectivity index (χ2v) is 7.08. The largest absolute Gasteiger partial charge is 0.354 e. The summed E-state index contributed by atoms with van der Waals surface area (Å²) < 4.78 is 27.4. The minimum absolute atomic E-state index is 0.177. The normalized spacial score (nSPS) is 18.0. The number of nitrogens with zero attached hydrogens (tertiary/aromatic N) is 2. The van der Waals surface area contributed by atoms with Gasteiger partial charge in [0.15, 0.2) is 5.17 Å². The zero-order valence-corrected chi connectivity index (χ0v) is 15.6. The molecule has 0 saturated carbocycles. The third-order valence-electron chi connectivity index (χ3n) is 4.04. The lowest BCUT2D eigenvalue weighted by Gasteiger charge is -2.26. The highest BCUT2D eigenvalue weighted by Gasteiger charge is 2.35. The van der Waals surface area contributed by atoms with E-state index in [1.54, 1.807) is 7.05 Å². The standard InChI is InChI=1S/C19H19F2N3OS/c1-4-5-15-10-14(9-12-8-13(20)6-7-16(12)21)23-19-24(15)17(11(2)26-19)18(25)22-3/h5-8,10H,4,9H2,1-3H3,(H,22,25)/b15-5-. The Labute approximate surface area is 155 Å². The summed E-state index contributed by atoms with van der Waals surface area (Å²) in [6.07, 6.45) is 4.75. The molecule has 0 fully saturated rings. The molecule has 0 unspecified atom stereocenters. The quantitative estimate of drug-likeness (QED) is 0.862. The van der Waals surface area contributed by atoms with E-state index in [4.69, 9.17) is 0 Å². The van der Waals surface area contributed by atoms with Crippen LogP contribution in [-0.2, 0) is 11.2 Å². The minimum Gasteiger partial charge on any atom is -0.354 e. The highest BCUT2D eigenvalue weighted by Crippen LogP contribution is 2.40. The van der Waals surface area contributed by atoms with Crippen LogP contribution in [0.25, 0.3) is 0 Å². The van der Waals surface area contributed by atoms with Gasteiger partial charge in [0.25, 0.3) is 5.91 Å². The molecule has 2 heterocycles. The number of aliphatic imine (C=N–C) groups is 1. The van der Waals surface area contributed by atoms with Crippen molar-refractivity contribution in [1.29, 1.82) is 0 Å². The van der Waals surface area contributed by atoms with Gasteiger partial charge < -0.3 is 5.32 Å². The lowest BCUT2D eigenvalue weighted by atomic mass is 10.1. The maximum absolute atomic E-state index is 14.0. The number of carbonyl (C=O) groups is 1. The highest BCUT2D eigenvalue weighted by atomic mass is 32.2. The van der Waals surface area contributed by atoms with E-state index in [1.165, 1.54) is 17.8 Å². The van der Waals surface area contributed by atoms with Gasteiger partial charge in [-0.3, -0.25) is 9.69 Å². The summed E-state index contributed by atoms with van der Waals surface area (Å²) in [7, 11) is 1.59. The van der Waals surface area contributed by atoms with Crippen LogP contribution in [0, 0.1) is 11.6 Å². The van der Waals surface area contributed by atoms with Crippen molar-refractivity contribution in [3.63, 3.8) is 0 Å². The average molecular weight is 375 g/mol. The molecule has 1 N–H and O–H groups in total. The number of allylic oxidation sites excluding steroid dienone is 4. The van der Waals surface area contributed by atoms with E-state index >= 15 is 0 Å². The zero-order chi connectivity index (χ0) is 18.8. The van der Waals surface area contributed by atoms with Gasteiger partial charge in [0, 0.05) is 29.8 Å². The van der Waals surface area contributed by atoms with E-state index < -0.39 is 11.6 Å². The first-order valence-corrected chi connectivity index (χ1v) is 9.10. The molecule has 4 nitrogen and oxygen atoms in total. The number of hydrogen-bond acceptors (Lipinski definition) is 4. The minimum atomic E-state index is -0.480. The zero-order valence-electron chi connectivity index (χ0n) is 14.8. The number of amides is 1. The van der Waals surface area contributed by atoms with Gasteiger partial charge in [-0.1, -0.05) is 24.8 Å². The number of carbonyl (C=O) groups excluding carboxylic acids is 1. The molecule has 0 aliphatic carbocycles. The summed E-state index contributed by atoms with van der Waals surface area (Å²) in [5, 5.41) is 3.30. The van der Waals surface area contributed by atoms with Crippen LogP contribution in [0.2, 0.25) is 0 Å². The molecule has 1 aromatic carbocycles. The van der Waals surface area contributed by atoms with E-state index in [-0.39, 0.29) is 17.9 Å². The highest BCUT2D eigenvalue weighted by molar-refractivity contribution is 8.17. The molecule has 7 heteroatoms. The first-order chi connectivity index (χ1) is 12.4.